The first-order valence-corrected chi connectivity index (χ1v) is 6.19. The number of hydrogen-bond donors (Lipinski definition) is 2. The maximum atomic E-state index is 11.3. The molecule has 0 bridgehead atoms. The van der Waals surface area contributed by atoms with Gasteiger partial charge in [-0.3, -0.25) is 9.69 Å². The number of anilines is 1. The molecule has 1 aromatic rings. The van der Waals surface area contributed by atoms with E-state index in [2.05, 4.69) is 27.2 Å². The topological polar surface area (TPSA) is 55.8 Å². The second-order valence-corrected chi connectivity index (χ2v) is 4.36. The van der Waals surface area contributed by atoms with Crippen molar-refractivity contribution >= 4 is 11.6 Å². The minimum atomic E-state index is -0.289. The number of para-hydroxylation sites is 1. The Morgan fingerprint density at radius 1 is 1.17 bits per heavy atom. The van der Waals surface area contributed by atoms with Gasteiger partial charge in [0.2, 0.25) is 5.91 Å². The van der Waals surface area contributed by atoms with E-state index >= 15 is 0 Å². The minimum Gasteiger partial charge on any atom is -0.377 e. The highest BCUT2D eigenvalue weighted by Crippen LogP contribution is 2.15. The lowest BCUT2D eigenvalue weighted by atomic mass is 10.2. The van der Waals surface area contributed by atoms with Crippen LogP contribution in [-0.4, -0.2) is 55.4 Å². The van der Waals surface area contributed by atoms with Gasteiger partial charge in [-0.1, -0.05) is 18.2 Å². The molecular formula is C13H19N3O2. The molecule has 5 nitrogen and oxygen atoms in total. The molecular weight excluding hydrogens is 230 g/mol. The second kappa shape index (κ2) is 6.37. The number of aliphatic hydroxyl groups is 1. The minimum absolute atomic E-state index is 0.120. The van der Waals surface area contributed by atoms with Crippen LogP contribution in [-0.2, 0) is 4.79 Å². The van der Waals surface area contributed by atoms with Crippen molar-refractivity contribution in [2.75, 3.05) is 44.4 Å². The summed E-state index contributed by atoms with van der Waals surface area (Å²) in [7, 11) is 0. The largest absolute Gasteiger partial charge is 0.377 e. The molecule has 5 heteroatoms. The van der Waals surface area contributed by atoms with Crippen LogP contribution >= 0.6 is 0 Å². The number of rotatable bonds is 4. The molecule has 1 amide bonds. The van der Waals surface area contributed by atoms with Crippen molar-refractivity contribution in [2.24, 2.45) is 0 Å². The Morgan fingerprint density at radius 2 is 1.83 bits per heavy atom. The van der Waals surface area contributed by atoms with Crippen LogP contribution in [0.3, 0.4) is 0 Å². The number of aliphatic hydroxyl groups excluding tert-OH is 1. The van der Waals surface area contributed by atoms with Gasteiger partial charge in [-0.25, -0.2) is 0 Å². The highest BCUT2D eigenvalue weighted by Gasteiger charge is 2.18. The fraction of sp³-hybridized carbons (Fsp3) is 0.462. The summed E-state index contributed by atoms with van der Waals surface area (Å²) in [5, 5.41) is 11.0. The fourth-order valence-electron chi connectivity index (χ4n) is 2.15. The smallest absolute Gasteiger partial charge is 0.235 e. The third-order valence-corrected chi connectivity index (χ3v) is 3.14. The Kier molecular flexibility index (Phi) is 4.55. The third kappa shape index (κ3) is 3.45. The van der Waals surface area contributed by atoms with Gasteiger partial charge in [-0.15, -0.1) is 0 Å². The van der Waals surface area contributed by atoms with Crippen LogP contribution in [0.25, 0.3) is 0 Å². The summed E-state index contributed by atoms with van der Waals surface area (Å²) in [5.74, 6) is -0.120. The van der Waals surface area contributed by atoms with Gasteiger partial charge in [-0.05, 0) is 12.1 Å². The number of hydrogen-bond acceptors (Lipinski definition) is 4. The van der Waals surface area contributed by atoms with Crippen LogP contribution in [0, 0.1) is 0 Å². The molecule has 0 saturated carbocycles. The Labute approximate surface area is 107 Å². The lowest BCUT2D eigenvalue weighted by molar-refractivity contribution is -0.123. The monoisotopic (exact) mass is 249 g/mol. The first-order valence-electron chi connectivity index (χ1n) is 6.19. The molecule has 0 aliphatic carbocycles. The van der Waals surface area contributed by atoms with Crippen LogP contribution in [0.4, 0.5) is 5.69 Å². The highest BCUT2D eigenvalue weighted by atomic mass is 16.3. The predicted molar refractivity (Wildman–Crippen MR) is 70.3 cm³/mol. The molecule has 1 saturated heterocycles. The summed E-state index contributed by atoms with van der Waals surface area (Å²) in [4.78, 5) is 15.8. The predicted octanol–water partition coefficient (Wildman–Crippen LogP) is -0.125. The number of carbonyl (C=O) groups is 1. The van der Waals surface area contributed by atoms with E-state index in [1.807, 2.05) is 18.2 Å². The summed E-state index contributed by atoms with van der Waals surface area (Å²) < 4.78 is 0. The van der Waals surface area contributed by atoms with E-state index in [4.69, 9.17) is 5.11 Å². The molecule has 2 N–H and O–H groups in total. The van der Waals surface area contributed by atoms with E-state index < -0.39 is 0 Å². The van der Waals surface area contributed by atoms with E-state index in [0.29, 0.717) is 6.54 Å². The maximum absolute atomic E-state index is 11.3. The molecule has 98 valence electrons. The van der Waals surface area contributed by atoms with Crippen molar-refractivity contribution in [2.45, 2.75) is 0 Å². The first-order chi connectivity index (χ1) is 8.79. The molecule has 0 spiro atoms. The second-order valence-electron chi connectivity index (χ2n) is 4.36. The lowest BCUT2D eigenvalue weighted by Crippen LogP contribution is -2.49. The van der Waals surface area contributed by atoms with Gasteiger partial charge in [0.05, 0.1) is 6.54 Å². The first kappa shape index (κ1) is 12.9. The van der Waals surface area contributed by atoms with Crippen LogP contribution in [0.1, 0.15) is 0 Å². The summed E-state index contributed by atoms with van der Waals surface area (Å²) in [6.45, 7) is 3.67. The third-order valence-electron chi connectivity index (χ3n) is 3.14. The lowest BCUT2D eigenvalue weighted by Gasteiger charge is -2.35. The van der Waals surface area contributed by atoms with Gasteiger partial charge in [0.25, 0.3) is 0 Å². The van der Waals surface area contributed by atoms with Gasteiger partial charge >= 0.3 is 0 Å². The summed E-state index contributed by atoms with van der Waals surface area (Å²) in [6, 6.07) is 10.3. The van der Waals surface area contributed by atoms with Gasteiger partial charge < -0.3 is 15.3 Å². The zero-order valence-corrected chi connectivity index (χ0v) is 10.4. The molecule has 0 aromatic heterocycles. The van der Waals surface area contributed by atoms with E-state index in [1.165, 1.54) is 5.69 Å². The fourth-order valence-corrected chi connectivity index (χ4v) is 2.15. The van der Waals surface area contributed by atoms with E-state index in [9.17, 15) is 4.79 Å². The van der Waals surface area contributed by atoms with Gasteiger partial charge in [0, 0.05) is 31.9 Å². The Bertz CT molecular complexity index is 375. The quantitative estimate of drug-likeness (QED) is 0.730. The van der Waals surface area contributed by atoms with Crippen LogP contribution in [0.5, 0.6) is 0 Å². The van der Waals surface area contributed by atoms with Gasteiger partial charge in [-0.2, -0.15) is 0 Å². The molecule has 0 unspecified atom stereocenters. The van der Waals surface area contributed by atoms with Crippen LogP contribution in [0.2, 0.25) is 0 Å². The molecule has 2 rings (SSSR count). The van der Waals surface area contributed by atoms with Crippen molar-refractivity contribution in [3.8, 4) is 0 Å². The van der Waals surface area contributed by atoms with Crippen molar-refractivity contribution in [1.82, 2.24) is 10.2 Å². The summed E-state index contributed by atoms with van der Waals surface area (Å²) >= 11 is 0. The maximum Gasteiger partial charge on any atom is 0.235 e. The standard InChI is InChI=1S/C13H19N3O2/c17-11-14-13(18)10-15-6-8-16(9-7-15)12-4-2-1-3-5-12/h1-5,17H,6-11H2,(H,14,18). The zero-order valence-electron chi connectivity index (χ0n) is 10.4. The van der Waals surface area contributed by atoms with E-state index in [1.54, 1.807) is 0 Å². The average molecular weight is 249 g/mol. The van der Waals surface area contributed by atoms with Crippen molar-refractivity contribution < 1.29 is 9.90 Å². The highest BCUT2D eigenvalue weighted by molar-refractivity contribution is 5.77. The van der Waals surface area contributed by atoms with E-state index in [-0.39, 0.29) is 12.6 Å². The zero-order chi connectivity index (χ0) is 12.8. The van der Waals surface area contributed by atoms with Gasteiger partial charge in [0.15, 0.2) is 0 Å². The van der Waals surface area contributed by atoms with E-state index in [0.717, 1.165) is 26.2 Å². The van der Waals surface area contributed by atoms with Gasteiger partial charge in [0.1, 0.15) is 6.73 Å². The average Bonchev–Trinajstić information content (AvgIpc) is 2.41. The number of carbonyl (C=O) groups excluding carboxylic acids is 1. The molecule has 1 aliphatic rings. The van der Waals surface area contributed by atoms with Crippen molar-refractivity contribution in [3.63, 3.8) is 0 Å². The molecule has 1 heterocycles. The SMILES string of the molecule is O=C(CN1CCN(c2ccccc2)CC1)NCO. The van der Waals surface area contributed by atoms with Crippen molar-refractivity contribution in [1.29, 1.82) is 0 Å². The normalized spacial score (nSPS) is 16.6. The van der Waals surface area contributed by atoms with Crippen LogP contribution in [0.15, 0.2) is 30.3 Å². The molecule has 0 radical (unpaired) electrons. The molecule has 0 atom stereocenters. The molecule has 1 aliphatic heterocycles. The number of benzene rings is 1. The Hall–Kier alpha value is -1.59. The number of piperazine rings is 1. The molecule has 18 heavy (non-hydrogen) atoms. The molecule has 1 aromatic carbocycles. The Morgan fingerprint density at radius 3 is 2.44 bits per heavy atom. The van der Waals surface area contributed by atoms with Crippen LogP contribution < -0.4 is 10.2 Å². The molecule has 1 fully saturated rings. The van der Waals surface area contributed by atoms with Crippen molar-refractivity contribution in [3.05, 3.63) is 30.3 Å². The number of nitrogens with zero attached hydrogens (tertiary/aromatic N) is 2. The number of amides is 1. The Balaban J connectivity index is 1.80. The summed E-state index contributed by atoms with van der Waals surface area (Å²) in [5.41, 5.74) is 1.23. The number of nitrogens with one attached hydrogen (secondary N) is 1. The summed E-state index contributed by atoms with van der Waals surface area (Å²) in [6.07, 6.45) is 0.